The van der Waals surface area contributed by atoms with Crippen LogP contribution in [-0.2, 0) is 4.79 Å². The van der Waals surface area contributed by atoms with Gasteiger partial charge in [0, 0.05) is 22.4 Å². The van der Waals surface area contributed by atoms with Crippen LogP contribution < -0.4 is 5.32 Å². The Labute approximate surface area is 166 Å². The van der Waals surface area contributed by atoms with Gasteiger partial charge in [-0.15, -0.1) is 5.10 Å². The summed E-state index contributed by atoms with van der Waals surface area (Å²) in [6, 6.07) is 21.5. The van der Waals surface area contributed by atoms with Crippen LogP contribution in [-0.4, -0.2) is 20.9 Å². The average molecular weight is 382 g/mol. The quantitative estimate of drug-likeness (QED) is 0.528. The van der Waals surface area contributed by atoms with Gasteiger partial charge >= 0.3 is 0 Å². The topological polar surface area (TPSA) is 59.8 Å². The van der Waals surface area contributed by atoms with E-state index in [-0.39, 0.29) is 11.7 Å². The fourth-order valence-electron chi connectivity index (χ4n) is 3.34. The number of hydrogen-bond acceptors (Lipinski definition) is 3. The fraction of sp³-hybridized carbons (Fsp3) is 0. The number of nitrogens with zero attached hydrogens (tertiary/aromatic N) is 3. The highest BCUT2D eigenvalue weighted by molar-refractivity contribution is 6.34. The molecule has 0 fully saturated rings. The lowest BCUT2D eigenvalue weighted by Crippen LogP contribution is -2.03. The van der Waals surface area contributed by atoms with Crippen molar-refractivity contribution in [3.8, 4) is 16.9 Å². The van der Waals surface area contributed by atoms with Crippen LogP contribution in [0.4, 0.5) is 10.1 Å². The van der Waals surface area contributed by atoms with Gasteiger partial charge in [-0.05, 0) is 35.9 Å². The van der Waals surface area contributed by atoms with Crippen LogP contribution >= 0.6 is 0 Å². The lowest BCUT2D eigenvalue weighted by atomic mass is 10.0. The van der Waals surface area contributed by atoms with Gasteiger partial charge in [0.25, 0.3) is 5.91 Å². The minimum Gasteiger partial charge on any atom is -0.321 e. The monoisotopic (exact) mass is 382 g/mol. The fourth-order valence-corrected chi connectivity index (χ4v) is 3.34. The molecular weight excluding hydrogens is 367 g/mol. The molecule has 1 amide bonds. The molecule has 4 aromatic rings. The highest BCUT2D eigenvalue weighted by Crippen LogP contribution is 2.32. The van der Waals surface area contributed by atoms with Gasteiger partial charge in [0.15, 0.2) is 0 Å². The summed E-state index contributed by atoms with van der Waals surface area (Å²) in [4.78, 5) is 12.3. The number of anilines is 1. The first-order valence-electron chi connectivity index (χ1n) is 9.08. The predicted molar refractivity (Wildman–Crippen MR) is 110 cm³/mol. The van der Waals surface area contributed by atoms with E-state index in [1.165, 1.54) is 16.8 Å². The van der Waals surface area contributed by atoms with Crippen LogP contribution in [0.3, 0.4) is 0 Å². The number of rotatable bonds is 3. The minimum atomic E-state index is -0.325. The molecule has 0 aliphatic carbocycles. The molecule has 0 bridgehead atoms. The minimum absolute atomic E-state index is 0.103. The zero-order valence-corrected chi connectivity index (χ0v) is 15.2. The van der Waals surface area contributed by atoms with E-state index < -0.39 is 0 Å². The van der Waals surface area contributed by atoms with E-state index in [2.05, 4.69) is 15.6 Å². The molecule has 0 radical (unpaired) electrons. The predicted octanol–water partition coefficient (Wildman–Crippen LogP) is 4.57. The van der Waals surface area contributed by atoms with Gasteiger partial charge in [-0.2, -0.15) is 0 Å². The Hall–Kier alpha value is -4.06. The molecule has 1 aliphatic heterocycles. The van der Waals surface area contributed by atoms with Gasteiger partial charge in [0.1, 0.15) is 11.5 Å². The molecular formula is C23H15FN4O. The zero-order chi connectivity index (χ0) is 19.8. The molecule has 1 N–H and O–H groups in total. The SMILES string of the molecule is O=C1Nc2ccccc2C1=Cc1ccc(-c2cn(-c3cccc(F)c3)nn2)cc1. The smallest absolute Gasteiger partial charge is 0.256 e. The van der Waals surface area contributed by atoms with Gasteiger partial charge in [0.05, 0.1) is 11.9 Å². The molecule has 140 valence electrons. The van der Waals surface area contributed by atoms with E-state index >= 15 is 0 Å². The molecule has 5 rings (SSSR count). The molecule has 0 atom stereocenters. The molecule has 2 heterocycles. The Morgan fingerprint density at radius 3 is 2.62 bits per heavy atom. The van der Waals surface area contributed by atoms with Crippen molar-refractivity contribution in [3.05, 3.63) is 95.9 Å². The summed E-state index contributed by atoms with van der Waals surface area (Å²) in [5.41, 5.74) is 5.45. The van der Waals surface area contributed by atoms with E-state index in [1.54, 1.807) is 18.3 Å². The Morgan fingerprint density at radius 2 is 1.79 bits per heavy atom. The van der Waals surface area contributed by atoms with Crippen LogP contribution in [0.15, 0.2) is 79.0 Å². The van der Waals surface area contributed by atoms with Crippen molar-refractivity contribution in [2.75, 3.05) is 5.32 Å². The second-order valence-electron chi connectivity index (χ2n) is 6.71. The van der Waals surface area contributed by atoms with Crippen molar-refractivity contribution in [1.29, 1.82) is 0 Å². The highest BCUT2D eigenvalue weighted by atomic mass is 19.1. The molecule has 3 aromatic carbocycles. The lowest BCUT2D eigenvalue weighted by molar-refractivity contribution is -0.110. The maximum atomic E-state index is 13.4. The number of aromatic nitrogens is 3. The van der Waals surface area contributed by atoms with E-state index in [0.717, 1.165) is 22.4 Å². The van der Waals surface area contributed by atoms with Gasteiger partial charge in [0.2, 0.25) is 0 Å². The van der Waals surface area contributed by atoms with Crippen molar-refractivity contribution in [2.45, 2.75) is 0 Å². The number of hydrogen-bond donors (Lipinski definition) is 1. The number of carbonyl (C=O) groups is 1. The number of fused-ring (bicyclic) bond motifs is 1. The van der Waals surface area contributed by atoms with E-state index in [1.807, 2.05) is 54.6 Å². The number of carbonyl (C=O) groups excluding carboxylic acids is 1. The molecule has 1 aliphatic rings. The Bertz CT molecular complexity index is 1260. The van der Waals surface area contributed by atoms with Gasteiger partial charge in [-0.25, -0.2) is 9.07 Å². The van der Waals surface area contributed by atoms with Crippen LogP contribution in [0.2, 0.25) is 0 Å². The molecule has 5 nitrogen and oxygen atoms in total. The van der Waals surface area contributed by atoms with Crippen molar-refractivity contribution >= 4 is 23.2 Å². The van der Waals surface area contributed by atoms with Crippen molar-refractivity contribution in [3.63, 3.8) is 0 Å². The van der Waals surface area contributed by atoms with Gasteiger partial charge in [-0.3, -0.25) is 4.79 Å². The van der Waals surface area contributed by atoms with E-state index in [0.29, 0.717) is 17.0 Å². The molecule has 0 unspecified atom stereocenters. The maximum Gasteiger partial charge on any atom is 0.256 e. The Morgan fingerprint density at radius 1 is 0.966 bits per heavy atom. The number of amides is 1. The third-order valence-electron chi connectivity index (χ3n) is 4.79. The van der Waals surface area contributed by atoms with Crippen LogP contribution in [0.25, 0.3) is 28.6 Å². The standard InChI is InChI=1S/C23H15FN4O/c24-17-4-3-5-18(13-17)28-14-22(26-27-28)16-10-8-15(9-11-16)12-20-19-6-1-2-7-21(19)25-23(20)29/h1-14H,(H,25,29). The molecule has 0 saturated heterocycles. The largest absolute Gasteiger partial charge is 0.321 e. The summed E-state index contributed by atoms with van der Waals surface area (Å²) >= 11 is 0. The first-order chi connectivity index (χ1) is 14.2. The van der Waals surface area contributed by atoms with Crippen LogP contribution in [0.1, 0.15) is 11.1 Å². The second-order valence-corrected chi connectivity index (χ2v) is 6.71. The summed E-state index contributed by atoms with van der Waals surface area (Å²) in [6.45, 7) is 0. The molecule has 0 saturated carbocycles. The molecule has 6 heteroatoms. The molecule has 1 aromatic heterocycles. The number of nitrogens with one attached hydrogen (secondary N) is 1. The Kier molecular flexibility index (Phi) is 4.02. The van der Waals surface area contributed by atoms with E-state index in [4.69, 9.17) is 0 Å². The number of para-hydroxylation sites is 1. The first kappa shape index (κ1) is 17.1. The summed E-state index contributed by atoms with van der Waals surface area (Å²) in [5.74, 6) is -0.428. The molecule has 29 heavy (non-hydrogen) atoms. The Balaban J connectivity index is 1.42. The van der Waals surface area contributed by atoms with Gasteiger partial charge in [-0.1, -0.05) is 53.7 Å². The number of benzene rings is 3. The van der Waals surface area contributed by atoms with Crippen LogP contribution in [0, 0.1) is 5.82 Å². The van der Waals surface area contributed by atoms with Crippen molar-refractivity contribution in [2.24, 2.45) is 0 Å². The number of halogens is 1. The summed E-state index contributed by atoms with van der Waals surface area (Å²) in [6.07, 6.45) is 3.62. The van der Waals surface area contributed by atoms with Crippen molar-refractivity contribution in [1.82, 2.24) is 15.0 Å². The molecule has 0 spiro atoms. The normalized spacial score (nSPS) is 14.1. The summed E-state index contributed by atoms with van der Waals surface area (Å²) in [7, 11) is 0. The van der Waals surface area contributed by atoms with Crippen LogP contribution in [0.5, 0.6) is 0 Å². The highest BCUT2D eigenvalue weighted by Gasteiger charge is 2.23. The third-order valence-corrected chi connectivity index (χ3v) is 4.79. The van der Waals surface area contributed by atoms with E-state index in [9.17, 15) is 9.18 Å². The van der Waals surface area contributed by atoms with Crippen molar-refractivity contribution < 1.29 is 9.18 Å². The zero-order valence-electron chi connectivity index (χ0n) is 15.2. The lowest BCUT2D eigenvalue weighted by Gasteiger charge is -2.01. The average Bonchev–Trinajstić information content (AvgIpc) is 3.34. The second kappa shape index (κ2) is 6.83. The van der Waals surface area contributed by atoms with Gasteiger partial charge < -0.3 is 5.32 Å². The first-order valence-corrected chi connectivity index (χ1v) is 9.08. The summed E-state index contributed by atoms with van der Waals surface area (Å²) < 4.78 is 15.0. The summed E-state index contributed by atoms with van der Waals surface area (Å²) in [5, 5.41) is 11.1. The maximum absolute atomic E-state index is 13.4. The third kappa shape index (κ3) is 3.21.